The Balaban J connectivity index is 2.46. The Kier molecular flexibility index (Phi) is 4.15. The van der Waals surface area contributed by atoms with Crippen LogP contribution in [0.15, 0.2) is 18.2 Å². The summed E-state index contributed by atoms with van der Waals surface area (Å²) >= 11 is 3.37. The van der Waals surface area contributed by atoms with E-state index in [9.17, 15) is 5.11 Å². The quantitative estimate of drug-likeness (QED) is 0.620. The first-order valence-electron chi connectivity index (χ1n) is 4.08. The van der Waals surface area contributed by atoms with Crippen LogP contribution in [0.1, 0.15) is 18.4 Å². The van der Waals surface area contributed by atoms with Gasteiger partial charge in [0.1, 0.15) is 5.75 Å². The van der Waals surface area contributed by atoms with Gasteiger partial charge >= 0.3 is 0 Å². The number of aryl methyl sites for hydroxylation is 1. The summed E-state index contributed by atoms with van der Waals surface area (Å²) in [5.74, 6) is 0.392. The Morgan fingerprint density at radius 1 is 1.42 bits per heavy atom. The van der Waals surface area contributed by atoms with Crippen LogP contribution in [0.2, 0.25) is 0 Å². The molecule has 0 fully saturated rings. The van der Waals surface area contributed by atoms with Crippen LogP contribution >= 0.6 is 15.9 Å². The van der Waals surface area contributed by atoms with Crippen molar-refractivity contribution in [2.75, 3.05) is 5.33 Å². The molecule has 1 rings (SSSR count). The summed E-state index contributed by atoms with van der Waals surface area (Å²) in [6, 6.07) is 8.22. The average molecular weight is 228 g/mol. The summed E-state index contributed by atoms with van der Waals surface area (Å²) in [5, 5.41) is 10.4. The number of hydrogen-bond acceptors (Lipinski definition) is 1. The van der Waals surface area contributed by atoms with Crippen molar-refractivity contribution >= 4 is 15.9 Å². The minimum Gasteiger partial charge on any atom is -0.508 e. The zero-order valence-corrected chi connectivity index (χ0v) is 8.47. The van der Waals surface area contributed by atoms with Gasteiger partial charge in [-0.15, -0.1) is 0 Å². The summed E-state index contributed by atoms with van der Waals surface area (Å²) in [5.41, 5.74) is 0.999. The van der Waals surface area contributed by atoms with Crippen LogP contribution in [-0.4, -0.2) is 10.4 Å². The maximum absolute atomic E-state index is 9.38. The molecular formula is C10H12BrO. The molecule has 65 valence electrons. The number of phenols is 1. The minimum atomic E-state index is 0.392. The SMILES string of the molecule is Oc1cc[c]cc1CCCCBr. The molecule has 0 aliphatic carbocycles. The van der Waals surface area contributed by atoms with E-state index in [0.717, 1.165) is 30.2 Å². The molecule has 0 aliphatic heterocycles. The first-order chi connectivity index (χ1) is 5.84. The van der Waals surface area contributed by atoms with Crippen LogP contribution in [0.5, 0.6) is 5.75 Å². The van der Waals surface area contributed by atoms with E-state index in [2.05, 4.69) is 22.0 Å². The van der Waals surface area contributed by atoms with E-state index in [0.29, 0.717) is 5.75 Å². The van der Waals surface area contributed by atoms with Crippen molar-refractivity contribution < 1.29 is 5.11 Å². The number of benzene rings is 1. The predicted molar refractivity (Wildman–Crippen MR) is 53.7 cm³/mol. The van der Waals surface area contributed by atoms with E-state index in [-0.39, 0.29) is 0 Å². The molecule has 0 unspecified atom stereocenters. The molecule has 0 atom stereocenters. The van der Waals surface area contributed by atoms with Gasteiger partial charge in [-0.2, -0.15) is 0 Å². The zero-order valence-electron chi connectivity index (χ0n) is 6.89. The van der Waals surface area contributed by atoms with E-state index in [1.165, 1.54) is 0 Å². The third-order valence-electron chi connectivity index (χ3n) is 1.75. The molecule has 0 heterocycles. The van der Waals surface area contributed by atoms with Crippen molar-refractivity contribution in [3.63, 3.8) is 0 Å². The monoisotopic (exact) mass is 227 g/mol. The fraction of sp³-hybridized carbons (Fsp3) is 0.400. The van der Waals surface area contributed by atoms with Crippen molar-refractivity contribution in [2.45, 2.75) is 19.3 Å². The van der Waals surface area contributed by atoms with Crippen LogP contribution in [0.4, 0.5) is 0 Å². The Morgan fingerprint density at radius 2 is 2.25 bits per heavy atom. The molecule has 0 bridgehead atoms. The standard InChI is InChI=1S/C10H12BrO/c11-8-4-3-6-9-5-1-2-7-10(9)12/h2,5,7,12H,3-4,6,8H2. The van der Waals surface area contributed by atoms with E-state index in [1.54, 1.807) is 12.1 Å². The zero-order chi connectivity index (χ0) is 8.81. The first kappa shape index (κ1) is 9.59. The number of halogens is 1. The second kappa shape index (κ2) is 5.20. The van der Waals surface area contributed by atoms with Gasteiger partial charge in [-0.1, -0.05) is 22.0 Å². The lowest BCUT2D eigenvalue weighted by molar-refractivity contribution is 0.467. The fourth-order valence-electron chi connectivity index (χ4n) is 1.07. The molecule has 1 aromatic carbocycles. The molecule has 2 heteroatoms. The van der Waals surface area contributed by atoms with Crippen LogP contribution in [-0.2, 0) is 6.42 Å². The third kappa shape index (κ3) is 2.86. The average Bonchev–Trinajstić information content (AvgIpc) is 2.09. The topological polar surface area (TPSA) is 20.2 Å². The van der Waals surface area contributed by atoms with Gasteiger partial charge in [0.2, 0.25) is 0 Å². The Hall–Kier alpha value is -0.500. The van der Waals surface area contributed by atoms with Crippen molar-refractivity contribution in [1.82, 2.24) is 0 Å². The number of alkyl halides is 1. The fourth-order valence-corrected chi connectivity index (χ4v) is 1.46. The number of aromatic hydroxyl groups is 1. The van der Waals surface area contributed by atoms with Gasteiger partial charge in [0.15, 0.2) is 0 Å². The largest absolute Gasteiger partial charge is 0.508 e. The summed E-state index contributed by atoms with van der Waals surface area (Å²) in [4.78, 5) is 0. The molecule has 1 N–H and O–H groups in total. The summed E-state index contributed by atoms with van der Waals surface area (Å²) < 4.78 is 0. The molecule has 0 aromatic heterocycles. The lowest BCUT2D eigenvalue weighted by Crippen LogP contribution is -1.86. The second-order valence-electron chi connectivity index (χ2n) is 2.70. The van der Waals surface area contributed by atoms with E-state index < -0.39 is 0 Å². The number of hydrogen-bond donors (Lipinski definition) is 1. The van der Waals surface area contributed by atoms with Gasteiger partial charge in [0.25, 0.3) is 0 Å². The van der Waals surface area contributed by atoms with Gasteiger partial charge in [0.05, 0.1) is 0 Å². The molecule has 1 radical (unpaired) electrons. The summed E-state index contributed by atoms with van der Waals surface area (Å²) in [6.45, 7) is 0. The summed E-state index contributed by atoms with van der Waals surface area (Å²) in [7, 11) is 0. The van der Waals surface area contributed by atoms with Gasteiger partial charge in [-0.25, -0.2) is 0 Å². The van der Waals surface area contributed by atoms with Gasteiger partial charge in [0, 0.05) is 5.33 Å². The molecule has 0 aliphatic rings. The van der Waals surface area contributed by atoms with Crippen molar-refractivity contribution in [2.24, 2.45) is 0 Å². The molecule has 1 aromatic rings. The minimum absolute atomic E-state index is 0.392. The van der Waals surface area contributed by atoms with Crippen molar-refractivity contribution in [3.05, 3.63) is 29.8 Å². The van der Waals surface area contributed by atoms with E-state index in [1.807, 2.05) is 6.07 Å². The Bertz CT molecular complexity index is 235. The maximum atomic E-state index is 9.38. The van der Waals surface area contributed by atoms with Crippen LogP contribution in [0.25, 0.3) is 0 Å². The molecule has 0 spiro atoms. The molecule has 0 saturated carbocycles. The van der Waals surface area contributed by atoms with Gasteiger partial charge in [-0.05, 0) is 43.0 Å². The van der Waals surface area contributed by atoms with Gasteiger partial charge < -0.3 is 5.11 Å². The first-order valence-corrected chi connectivity index (χ1v) is 5.20. The summed E-state index contributed by atoms with van der Waals surface area (Å²) in [6.07, 6.45) is 3.19. The smallest absolute Gasteiger partial charge is 0.118 e. The van der Waals surface area contributed by atoms with Crippen molar-refractivity contribution in [3.8, 4) is 5.75 Å². The van der Waals surface area contributed by atoms with Crippen LogP contribution < -0.4 is 0 Å². The molecule has 0 saturated heterocycles. The Labute approximate surface area is 81.6 Å². The third-order valence-corrected chi connectivity index (χ3v) is 2.31. The highest BCUT2D eigenvalue weighted by Gasteiger charge is 1.97. The molecule has 12 heavy (non-hydrogen) atoms. The number of unbranched alkanes of at least 4 members (excludes halogenated alkanes) is 1. The Morgan fingerprint density at radius 3 is 2.92 bits per heavy atom. The van der Waals surface area contributed by atoms with Crippen LogP contribution in [0, 0.1) is 6.07 Å². The lowest BCUT2D eigenvalue weighted by atomic mass is 10.1. The second-order valence-corrected chi connectivity index (χ2v) is 3.49. The van der Waals surface area contributed by atoms with E-state index >= 15 is 0 Å². The highest BCUT2D eigenvalue weighted by atomic mass is 79.9. The van der Waals surface area contributed by atoms with Crippen LogP contribution in [0.3, 0.4) is 0 Å². The predicted octanol–water partition coefficient (Wildman–Crippen LogP) is 2.91. The molecule has 0 amide bonds. The highest BCUT2D eigenvalue weighted by Crippen LogP contribution is 2.17. The number of phenolic OH excluding ortho intramolecular Hbond substituents is 1. The molecular weight excluding hydrogens is 216 g/mol. The normalized spacial score (nSPS) is 10.1. The van der Waals surface area contributed by atoms with Gasteiger partial charge in [-0.3, -0.25) is 0 Å². The van der Waals surface area contributed by atoms with Crippen molar-refractivity contribution in [1.29, 1.82) is 0 Å². The number of rotatable bonds is 4. The highest BCUT2D eigenvalue weighted by molar-refractivity contribution is 9.09. The van der Waals surface area contributed by atoms with E-state index in [4.69, 9.17) is 0 Å². The molecule has 1 nitrogen and oxygen atoms in total. The lowest BCUT2D eigenvalue weighted by Gasteiger charge is -2.01. The maximum Gasteiger partial charge on any atom is 0.118 e.